The SMILES string of the molecule is CCOC(=O)NCCNC(=O)COCCOC. The van der Waals surface area contributed by atoms with E-state index in [0.717, 1.165) is 0 Å². The van der Waals surface area contributed by atoms with Crippen LogP contribution < -0.4 is 10.6 Å². The number of carbonyl (C=O) groups is 2. The molecule has 0 spiro atoms. The molecule has 7 nitrogen and oxygen atoms in total. The van der Waals surface area contributed by atoms with Crippen LogP contribution in [0.5, 0.6) is 0 Å². The highest BCUT2D eigenvalue weighted by atomic mass is 16.5. The maximum Gasteiger partial charge on any atom is 0.407 e. The van der Waals surface area contributed by atoms with Crippen molar-refractivity contribution in [2.24, 2.45) is 0 Å². The van der Waals surface area contributed by atoms with E-state index in [9.17, 15) is 9.59 Å². The van der Waals surface area contributed by atoms with E-state index in [1.807, 2.05) is 0 Å². The van der Waals surface area contributed by atoms with Crippen LogP contribution in [0, 0.1) is 0 Å². The highest BCUT2D eigenvalue weighted by Crippen LogP contribution is 1.77. The van der Waals surface area contributed by atoms with Gasteiger partial charge in [0.2, 0.25) is 5.91 Å². The lowest BCUT2D eigenvalue weighted by Crippen LogP contribution is -2.36. The van der Waals surface area contributed by atoms with Crippen molar-refractivity contribution >= 4 is 12.0 Å². The monoisotopic (exact) mass is 248 g/mol. The van der Waals surface area contributed by atoms with Crippen molar-refractivity contribution in [2.75, 3.05) is 46.6 Å². The first-order valence-corrected chi connectivity index (χ1v) is 5.44. The first-order valence-electron chi connectivity index (χ1n) is 5.44. The molecule has 0 bridgehead atoms. The van der Waals surface area contributed by atoms with Gasteiger partial charge < -0.3 is 24.8 Å². The van der Waals surface area contributed by atoms with Crippen LogP contribution in [-0.4, -0.2) is 58.6 Å². The van der Waals surface area contributed by atoms with E-state index in [0.29, 0.717) is 32.9 Å². The van der Waals surface area contributed by atoms with Crippen LogP contribution in [0.25, 0.3) is 0 Å². The van der Waals surface area contributed by atoms with Crippen LogP contribution >= 0.6 is 0 Å². The number of hydrogen-bond donors (Lipinski definition) is 2. The van der Waals surface area contributed by atoms with Crippen molar-refractivity contribution in [3.63, 3.8) is 0 Å². The van der Waals surface area contributed by atoms with Gasteiger partial charge in [-0.2, -0.15) is 0 Å². The second kappa shape index (κ2) is 11.2. The predicted molar refractivity (Wildman–Crippen MR) is 60.7 cm³/mol. The molecule has 7 heteroatoms. The van der Waals surface area contributed by atoms with E-state index in [2.05, 4.69) is 15.4 Å². The van der Waals surface area contributed by atoms with Crippen molar-refractivity contribution in [1.29, 1.82) is 0 Å². The maximum atomic E-state index is 11.2. The van der Waals surface area contributed by atoms with Gasteiger partial charge in [-0.05, 0) is 6.92 Å². The third-order valence-corrected chi connectivity index (χ3v) is 1.66. The molecule has 0 atom stereocenters. The van der Waals surface area contributed by atoms with Gasteiger partial charge in [0.1, 0.15) is 6.61 Å². The molecule has 0 saturated carbocycles. The van der Waals surface area contributed by atoms with Gasteiger partial charge in [-0.3, -0.25) is 4.79 Å². The molecule has 0 radical (unpaired) electrons. The van der Waals surface area contributed by atoms with Crippen molar-refractivity contribution in [3.05, 3.63) is 0 Å². The van der Waals surface area contributed by atoms with Crippen molar-refractivity contribution in [1.82, 2.24) is 10.6 Å². The number of amides is 2. The highest BCUT2D eigenvalue weighted by molar-refractivity contribution is 5.77. The van der Waals surface area contributed by atoms with Crippen molar-refractivity contribution in [2.45, 2.75) is 6.92 Å². The Kier molecular flexibility index (Phi) is 10.3. The zero-order chi connectivity index (χ0) is 12.9. The molecular formula is C10H20N2O5. The number of rotatable bonds is 9. The summed E-state index contributed by atoms with van der Waals surface area (Å²) >= 11 is 0. The summed E-state index contributed by atoms with van der Waals surface area (Å²) in [7, 11) is 1.56. The largest absolute Gasteiger partial charge is 0.450 e. The Hall–Kier alpha value is -1.34. The maximum absolute atomic E-state index is 11.2. The van der Waals surface area contributed by atoms with E-state index >= 15 is 0 Å². The second-order valence-corrected chi connectivity index (χ2v) is 3.04. The summed E-state index contributed by atoms with van der Waals surface area (Å²) in [6, 6.07) is 0. The van der Waals surface area contributed by atoms with Crippen LogP contribution in [0.4, 0.5) is 4.79 Å². The van der Waals surface area contributed by atoms with Gasteiger partial charge in [0.05, 0.1) is 19.8 Å². The van der Waals surface area contributed by atoms with Gasteiger partial charge in [-0.25, -0.2) is 4.79 Å². The Morgan fingerprint density at radius 1 is 1.12 bits per heavy atom. The summed E-state index contributed by atoms with van der Waals surface area (Å²) in [6.07, 6.45) is -0.488. The number of methoxy groups -OCH3 is 1. The van der Waals surface area contributed by atoms with E-state index < -0.39 is 6.09 Å². The molecule has 0 aromatic carbocycles. The van der Waals surface area contributed by atoms with Crippen LogP contribution in [0.15, 0.2) is 0 Å². The van der Waals surface area contributed by atoms with Crippen LogP contribution in [0.1, 0.15) is 6.92 Å². The summed E-state index contributed by atoms with van der Waals surface area (Å²) in [5, 5.41) is 5.06. The lowest BCUT2D eigenvalue weighted by atomic mass is 10.5. The highest BCUT2D eigenvalue weighted by Gasteiger charge is 2.02. The summed E-state index contributed by atoms with van der Waals surface area (Å²) in [5.74, 6) is -0.230. The van der Waals surface area contributed by atoms with Crippen LogP contribution in [0.2, 0.25) is 0 Å². The van der Waals surface area contributed by atoms with Gasteiger partial charge >= 0.3 is 6.09 Å². The lowest BCUT2D eigenvalue weighted by Gasteiger charge is -2.07. The third kappa shape index (κ3) is 10.9. The normalized spacial score (nSPS) is 9.76. The fourth-order valence-corrected chi connectivity index (χ4v) is 0.907. The lowest BCUT2D eigenvalue weighted by molar-refractivity contribution is -0.126. The Bertz CT molecular complexity index is 223. The fourth-order valence-electron chi connectivity index (χ4n) is 0.907. The van der Waals surface area contributed by atoms with E-state index in [-0.39, 0.29) is 12.5 Å². The number of carbonyl (C=O) groups excluding carboxylic acids is 2. The molecule has 0 fully saturated rings. The smallest absolute Gasteiger partial charge is 0.407 e. The molecule has 0 unspecified atom stereocenters. The number of hydrogen-bond acceptors (Lipinski definition) is 5. The number of alkyl carbamates (subject to hydrolysis) is 1. The summed E-state index contributed by atoms with van der Waals surface area (Å²) in [6.45, 7) is 3.53. The van der Waals surface area contributed by atoms with Crippen molar-refractivity contribution < 1.29 is 23.8 Å². The minimum atomic E-state index is -0.488. The molecule has 0 rings (SSSR count). The molecule has 0 aromatic rings. The average molecular weight is 248 g/mol. The Balaban J connectivity index is 3.30. The van der Waals surface area contributed by atoms with Gasteiger partial charge in [0.25, 0.3) is 0 Å². The van der Waals surface area contributed by atoms with Gasteiger partial charge in [0.15, 0.2) is 0 Å². The molecule has 100 valence electrons. The van der Waals surface area contributed by atoms with Crippen molar-refractivity contribution in [3.8, 4) is 0 Å². The Morgan fingerprint density at radius 2 is 1.82 bits per heavy atom. The molecule has 0 aliphatic carbocycles. The topological polar surface area (TPSA) is 85.9 Å². The first kappa shape index (κ1) is 15.7. The van der Waals surface area contributed by atoms with E-state index in [1.54, 1.807) is 14.0 Å². The van der Waals surface area contributed by atoms with Gasteiger partial charge in [-0.1, -0.05) is 0 Å². The molecule has 0 saturated heterocycles. The van der Waals surface area contributed by atoms with E-state index in [1.165, 1.54) is 0 Å². The zero-order valence-electron chi connectivity index (χ0n) is 10.3. The summed E-state index contributed by atoms with van der Waals surface area (Å²) in [4.78, 5) is 22.0. The predicted octanol–water partition coefficient (Wildman–Crippen LogP) is -0.488. The zero-order valence-corrected chi connectivity index (χ0v) is 10.3. The molecular weight excluding hydrogens is 228 g/mol. The molecule has 0 aromatic heterocycles. The Labute approximate surface area is 101 Å². The summed E-state index contributed by atoms with van der Waals surface area (Å²) in [5.41, 5.74) is 0. The molecule has 0 heterocycles. The van der Waals surface area contributed by atoms with E-state index in [4.69, 9.17) is 9.47 Å². The standard InChI is InChI=1S/C10H20N2O5/c1-3-17-10(14)12-5-4-11-9(13)8-16-7-6-15-2/h3-8H2,1-2H3,(H,11,13)(H,12,14). The van der Waals surface area contributed by atoms with Crippen LogP contribution in [-0.2, 0) is 19.0 Å². The minimum Gasteiger partial charge on any atom is -0.450 e. The number of nitrogens with one attached hydrogen (secondary N) is 2. The molecule has 2 N–H and O–H groups in total. The van der Waals surface area contributed by atoms with Gasteiger partial charge in [-0.15, -0.1) is 0 Å². The molecule has 17 heavy (non-hydrogen) atoms. The second-order valence-electron chi connectivity index (χ2n) is 3.04. The van der Waals surface area contributed by atoms with Gasteiger partial charge in [0, 0.05) is 20.2 Å². The third-order valence-electron chi connectivity index (χ3n) is 1.66. The first-order chi connectivity index (χ1) is 8.20. The Morgan fingerprint density at radius 3 is 2.47 bits per heavy atom. The minimum absolute atomic E-state index is 0.0111. The average Bonchev–Trinajstić information content (AvgIpc) is 2.31. The summed E-state index contributed by atoms with van der Waals surface area (Å²) < 4.78 is 14.4. The number of ether oxygens (including phenoxy) is 3. The molecule has 0 aliphatic rings. The van der Waals surface area contributed by atoms with Crippen LogP contribution in [0.3, 0.4) is 0 Å². The quantitative estimate of drug-likeness (QED) is 0.538. The molecule has 0 aliphatic heterocycles. The molecule has 2 amide bonds. The fraction of sp³-hybridized carbons (Fsp3) is 0.800.